The van der Waals surface area contributed by atoms with E-state index in [1.54, 1.807) is 0 Å². The summed E-state index contributed by atoms with van der Waals surface area (Å²) in [6.45, 7) is 8.44. The third kappa shape index (κ3) is 10.2. The van der Waals surface area contributed by atoms with Gasteiger partial charge in [-0.05, 0) is 24.7 Å². The maximum atomic E-state index is 5.53. The predicted molar refractivity (Wildman–Crippen MR) is 54.8 cm³/mol. The molecule has 0 aliphatic heterocycles. The molecule has 0 aliphatic carbocycles. The lowest BCUT2D eigenvalue weighted by Crippen LogP contribution is -2.10. The number of hydrogen-bond acceptors (Lipinski definition) is 1. The monoisotopic (exact) mass is 192 g/mol. The van der Waals surface area contributed by atoms with Crippen molar-refractivity contribution >= 4 is 11.6 Å². The van der Waals surface area contributed by atoms with Crippen molar-refractivity contribution in [3.8, 4) is 0 Å². The normalized spacial score (nSPS) is 12.0. The summed E-state index contributed by atoms with van der Waals surface area (Å²) < 4.78 is 5.45. The molecule has 0 spiro atoms. The van der Waals surface area contributed by atoms with Gasteiger partial charge in [0.05, 0.1) is 0 Å². The van der Waals surface area contributed by atoms with Crippen LogP contribution in [-0.2, 0) is 4.74 Å². The van der Waals surface area contributed by atoms with Gasteiger partial charge in [0.1, 0.15) is 0 Å². The Bertz CT molecular complexity index is 96.5. The SMILES string of the molecule is CC(C)(C)CCOCCCCCl. The first-order valence-electron chi connectivity index (χ1n) is 4.70. The second kappa shape index (κ2) is 6.73. The Labute approximate surface area is 81.4 Å². The number of ether oxygens (including phenoxy) is 1. The highest BCUT2D eigenvalue weighted by Gasteiger charge is 2.08. The highest BCUT2D eigenvalue weighted by Crippen LogP contribution is 2.17. The third-order valence-electron chi connectivity index (χ3n) is 1.67. The molecule has 0 atom stereocenters. The van der Waals surface area contributed by atoms with Gasteiger partial charge in [-0.1, -0.05) is 20.8 Å². The lowest BCUT2D eigenvalue weighted by molar-refractivity contribution is 0.106. The molecule has 0 saturated carbocycles. The number of hydrogen-bond donors (Lipinski definition) is 0. The minimum absolute atomic E-state index is 0.395. The summed E-state index contributed by atoms with van der Waals surface area (Å²) in [5.74, 6) is 0.753. The van der Waals surface area contributed by atoms with Crippen molar-refractivity contribution in [2.24, 2.45) is 5.41 Å². The zero-order valence-electron chi connectivity index (χ0n) is 8.53. The van der Waals surface area contributed by atoms with Gasteiger partial charge in [-0.15, -0.1) is 11.6 Å². The van der Waals surface area contributed by atoms with Crippen molar-refractivity contribution in [2.45, 2.75) is 40.0 Å². The van der Waals surface area contributed by atoms with Crippen LogP contribution >= 0.6 is 11.6 Å². The van der Waals surface area contributed by atoms with E-state index in [-0.39, 0.29) is 0 Å². The van der Waals surface area contributed by atoms with Gasteiger partial charge in [0, 0.05) is 19.1 Å². The Morgan fingerprint density at radius 1 is 1.08 bits per heavy atom. The van der Waals surface area contributed by atoms with E-state index in [2.05, 4.69) is 20.8 Å². The van der Waals surface area contributed by atoms with Gasteiger partial charge in [0.15, 0.2) is 0 Å². The molecule has 1 nitrogen and oxygen atoms in total. The minimum atomic E-state index is 0.395. The first kappa shape index (κ1) is 12.2. The summed E-state index contributed by atoms with van der Waals surface area (Å²) in [5, 5.41) is 0. The maximum Gasteiger partial charge on any atom is 0.0471 e. The average molecular weight is 193 g/mol. The second-order valence-electron chi connectivity index (χ2n) is 4.32. The van der Waals surface area contributed by atoms with Crippen molar-refractivity contribution in [1.82, 2.24) is 0 Å². The smallest absolute Gasteiger partial charge is 0.0471 e. The second-order valence-corrected chi connectivity index (χ2v) is 4.70. The lowest BCUT2D eigenvalue weighted by Gasteiger charge is -2.17. The Morgan fingerprint density at radius 2 is 1.75 bits per heavy atom. The Morgan fingerprint density at radius 3 is 2.25 bits per heavy atom. The van der Waals surface area contributed by atoms with Crippen molar-refractivity contribution < 1.29 is 4.74 Å². The number of rotatable bonds is 6. The molecule has 0 aromatic rings. The molecule has 0 radical (unpaired) electrons. The van der Waals surface area contributed by atoms with Gasteiger partial charge in [0.25, 0.3) is 0 Å². The molecule has 74 valence electrons. The molecule has 2 heteroatoms. The molecule has 12 heavy (non-hydrogen) atoms. The van der Waals surface area contributed by atoms with Crippen LogP contribution in [-0.4, -0.2) is 19.1 Å². The van der Waals surface area contributed by atoms with Crippen LogP contribution in [0, 0.1) is 5.41 Å². The van der Waals surface area contributed by atoms with Crippen LogP contribution in [0.2, 0.25) is 0 Å². The molecule has 0 saturated heterocycles. The topological polar surface area (TPSA) is 9.23 Å². The number of halogens is 1. The fraction of sp³-hybridized carbons (Fsp3) is 1.00. The van der Waals surface area contributed by atoms with Crippen LogP contribution in [0.25, 0.3) is 0 Å². The first-order valence-corrected chi connectivity index (χ1v) is 5.23. The van der Waals surface area contributed by atoms with Crippen LogP contribution in [0.5, 0.6) is 0 Å². The van der Waals surface area contributed by atoms with Gasteiger partial charge < -0.3 is 4.74 Å². The molecule has 0 unspecified atom stereocenters. The molecule has 0 aromatic carbocycles. The molecule has 0 rings (SSSR count). The van der Waals surface area contributed by atoms with E-state index in [0.29, 0.717) is 5.41 Å². The Hall–Kier alpha value is 0.250. The molecule has 0 aromatic heterocycles. The van der Waals surface area contributed by atoms with Crippen LogP contribution < -0.4 is 0 Å². The van der Waals surface area contributed by atoms with Gasteiger partial charge in [0.2, 0.25) is 0 Å². The first-order chi connectivity index (χ1) is 5.56. The van der Waals surface area contributed by atoms with Gasteiger partial charge in [-0.25, -0.2) is 0 Å². The molecule has 0 N–H and O–H groups in total. The quantitative estimate of drug-likeness (QED) is 0.463. The zero-order valence-corrected chi connectivity index (χ0v) is 9.28. The van der Waals surface area contributed by atoms with E-state index in [4.69, 9.17) is 16.3 Å². The van der Waals surface area contributed by atoms with E-state index in [1.165, 1.54) is 0 Å². The number of alkyl halides is 1. The van der Waals surface area contributed by atoms with Gasteiger partial charge >= 0.3 is 0 Å². The summed E-state index contributed by atoms with van der Waals surface area (Å²) in [7, 11) is 0. The fourth-order valence-electron chi connectivity index (χ4n) is 0.779. The molecule has 0 amide bonds. The minimum Gasteiger partial charge on any atom is -0.381 e. The molecular weight excluding hydrogens is 172 g/mol. The van der Waals surface area contributed by atoms with Crippen molar-refractivity contribution in [3.05, 3.63) is 0 Å². The largest absolute Gasteiger partial charge is 0.381 e. The van der Waals surface area contributed by atoms with Crippen molar-refractivity contribution in [2.75, 3.05) is 19.1 Å². The summed E-state index contributed by atoms with van der Waals surface area (Å²) in [4.78, 5) is 0. The van der Waals surface area contributed by atoms with E-state index >= 15 is 0 Å². The molecular formula is C10H21ClO. The predicted octanol–water partition coefficient (Wildman–Crippen LogP) is 3.46. The molecule has 0 fully saturated rings. The average Bonchev–Trinajstić information content (AvgIpc) is 1.94. The standard InChI is InChI=1S/C10H21ClO/c1-10(2,3)6-9-12-8-5-4-7-11/h4-9H2,1-3H3. The van der Waals surface area contributed by atoms with Gasteiger partial charge in [-0.2, -0.15) is 0 Å². The van der Waals surface area contributed by atoms with Gasteiger partial charge in [-0.3, -0.25) is 0 Å². The summed E-state index contributed by atoms with van der Waals surface area (Å²) >= 11 is 5.53. The number of unbranched alkanes of at least 4 members (excludes halogenated alkanes) is 1. The van der Waals surface area contributed by atoms with Crippen LogP contribution in [0.3, 0.4) is 0 Å². The van der Waals surface area contributed by atoms with Crippen molar-refractivity contribution in [3.63, 3.8) is 0 Å². The van der Waals surface area contributed by atoms with Crippen LogP contribution in [0.4, 0.5) is 0 Å². The summed E-state index contributed by atoms with van der Waals surface area (Å²) in [6, 6.07) is 0. The molecule has 0 aliphatic rings. The van der Waals surface area contributed by atoms with Crippen LogP contribution in [0.1, 0.15) is 40.0 Å². The van der Waals surface area contributed by atoms with Crippen molar-refractivity contribution in [1.29, 1.82) is 0 Å². The lowest BCUT2D eigenvalue weighted by atomic mass is 9.93. The Balaban J connectivity index is 3.01. The maximum absolute atomic E-state index is 5.53. The molecule has 0 bridgehead atoms. The summed E-state index contributed by atoms with van der Waals surface area (Å²) in [5.41, 5.74) is 0.395. The van der Waals surface area contributed by atoms with E-state index < -0.39 is 0 Å². The van der Waals surface area contributed by atoms with E-state index in [9.17, 15) is 0 Å². The zero-order chi connectivity index (χ0) is 9.45. The third-order valence-corrected chi connectivity index (χ3v) is 1.94. The van der Waals surface area contributed by atoms with Crippen LogP contribution in [0.15, 0.2) is 0 Å². The van der Waals surface area contributed by atoms with E-state index in [1.807, 2.05) is 0 Å². The Kier molecular flexibility index (Phi) is 6.87. The summed E-state index contributed by atoms with van der Waals surface area (Å²) in [6.07, 6.45) is 3.29. The molecule has 0 heterocycles. The highest BCUT2D eigenvalue weighted by molar-refractivity contribution is 6.17. The van der Waals surface area contributed by atoms with E-state index in [0.717, 1.165) is 38.4 Å². The fourth-order valence-corrected chi connectivity index (χ4v) is 0.968. The highest BCUT2D eigenvalue weighted by atomic mass is 35.5.